The van der Waals surface area contributed by atoms with Crippen LogP contribution in [-0.2, 0) is 19.9 Å². The number of rotatable bonds is 4. The number of aromatic hydroxyl groups is 1. The van der Waals surface area contributed by atoms with E-state index in [9.17, 15) is 27.0 Å². The van der Waals surface area contributed by atoms with Gasteiger partial charge in [0, 0.05) is 17.6 Å². The van der Waals surface area contributed by atoms with Gasteiger partial charge in [0.2, 0.25) is 0 Å². The maximum atomic E-state index is 13.7. The molecule has 1 aliphatic rings. The number of pyridine rings is 1. The number of hydrogen-bond acceptors (Lipinski definition) is 7. The summed E-state index contributed by atoms with van der Waals surface area (Å²) in [5.74, 6) is -1.24. The normalized spacial score (nSPS) is 21.3. The van der Waals surface area contributed by atoms with Crippen molar-refractivity contribution in [3.05, 3.63) is 60.8 Å². The standard InChI is InChI=1S/C19H18N2O6S2/c22-15-7-2-6-14(10-15)21(16-11-28(24,25)12-17(16)23)29(26,27)18-8-1-4-13-5-3-9-20-19(13)18/h1-10,16-17,22-23H,11-12H2/t16-,17+/m1/s1. The van der Waals surface area contributed by atoms with Crippen LogP contribution in [0.15, 0.2) is 65.7 Å². The molecule has 1 aliphatic heterocycles. The first-order valence-electron chi connectivity index (χ1n) is 8.75. The number of aromatic nitrogens is 1. The lowest BCUT2D eigenvalue weighted by Gasteiger charge is -2.31. The molecule has 3 aromatic rings. The minimum Gasteiger partial charge on any atom is -0.508 e. The molecule has 1 saturated heterocycles. The molecule has 1 aromatic heterocycles. The van der Waals surface area contributed by atoms with Crippen molar-refractivity contribution in [3.63, 3.8) is 0 Å². The van der Waals surface area contributed by atoms with Crippen molar-refractivity contribution in [2.24, 2.45) is 0 Å². The van der Waals surface area contributed by atoms with Gasteiger partial charge in [-0.1, -0.05) is 24.3 Å². The number of aliphatic hydroxyl groups is 1. The first-order chi connectivity index (χ1) is 13.7. The van der Waals surface area contributed by atoms with E-state index in [1.165, 1.54) is 36.5 Å². The van der Waals surface area contributed by atoms with Crippen LogP contribution < -0.4 is 4.31 Å². The summed E-state index contributed by atoms with van der Waals surface area (Å²) in [5.41, 5.74) is 0.287. The first-order valence-corrected chi connectivity index (χ1v) is 12.0. The third-order valence-corrected chi connectivity index (χ3v) is 8.40. The Morgan fingerprint density at radius 1 is 1.03 bits per heavy atom. The molecule has 2 N–H and O–H groups in total. The Morgan fingerprint density at radius 3 is 2.45 bits per heavy atom. The lowest BCUT2D eigenvalue weighted by molar-refractivity contribution is 0.184. The van der Waals surface area contributed by atoms with E-state index in [1.54, 1.807) is 24.3 Å². The van der Waals surface area contributed by atoms with Gasteiger partial charge in [-0.05, 0) is 24.3 Å². The van der Waals surface area contributed by atoms with Gasteiger partial charge in [-0.15, -0.1) is 0 Å². The number of nitrogens with zero attached hydrogens (tertiary/aromatic N) is 2. The molecule has 1 fully saturated rings. The second-order valence-corrected chi connectivity index (χ2v) is 10.8. The third-order valence-electron chi connectivity index (χ3n) is 4.81. The third kappa shape index (κ3) is 3.54. The summed E-state index contributed by atoms with van der Waals surface area (Å²) >= 11 is 0. The van der Waals surface area contributed by atoms with Crippen molar-refractivity contribution in [1.82, 2.24) is 4.98 Å². The van der Waals surface area contributed by atoms with Crippen LogP contribution in [0.3, 0.4) is 0 Å². The molecule has 0 amide bonds. The lowest BCUT2D eigenvalue weighted by atomic mass is 10.2. The van der Waals surface area contributed by atoms with E-state index < -0.39 is 43.5 Å². The zero-order valence-corrected chi connectivity index (χ0v) is 16.7. The van der Waals surface area contributed by atoms with Gasteiger partial charge in [0.25, 0.3) is 10.0 Å². The number of aliphatic hydroxyl groups excluding tert-OH is 1. The Morgan fingerprint density at radius 2 is 1.76 bits per heavy atom. The first kappa shape index (κ1) is 19.6. The van der Waals surface area contributed by atoms with Gasteiger partial charge >= 0.3 is 0 Å². The molecule has 2 atom stereocenters. The zero-order chi connectivity index (χ0) is 20.8. The zero-order valence-electron chi connectivity index (χ0n) is 15.1. The van der Waals surface area contributed by atoms with Crippen molar-refractivity contribution < 1.29 is 27.0 Å². The van der Waals surface area contributed by atoms with E-state index in [-0.39, 0.29) is 21.8 Å². The van der Waals surface area contributed by atoms with E-state index in [2.05, 4.69) is 4.98 Å². The number of sulfonamides is 1. The molecule has 10 heteroatoms. The van der Waals surface area contributed by atoms with Crippen LogP contribution in [0.25, 0.3) is 10.9 Å². The lowest BCUT2D eigenvalue weighted by Crippen LogP contribution is -2.47. The molecule has 152 valence electrons. The molecule has 8 nitrogen and oxygen atoms in total. The molecule has 29 heavy (non-hydrogen) atoms. The molecule has 4 rings (SSSR count). The molecular weight excluding hydrogens is 416 g/mol. The summed E-state index contributed by atoms with van der Waals surface area (Å²) in [6.45, 7) is 0. The Labute approximate surface area is 168 Å². The molecule has 0 aliphatic carbocycles. The van der Waals surface area contributed by atoms with E-state index in [4.69, 9.17) is 0 Å². The minimum absolute atomic E-state index is 0.0547. The van der Waals surface area contributed by atoms with Crippen LogP contribution in [0.5, 0.6) is 5.75 Å². The summed E-state index contributed by atoms with van der Waals surface area (Å²) in [6.07, 6.45) is 0.0645. The molecule has 0 unspecified atom stereocenters. The fourth-order valence-corrected chi connectivity index (χ4v) is 7.27. The summed E-state index contributed by atoms with van der Waals surface area (Å²) in [4.78, 5) is 4.06. The highest BCUT2D eigenvalue weighted by atomic mass is 32.2. The van der Waals surface area contributed by atoms with Crippen LogP contribution in [0.1, 0.15) is 0 Å². The summed E-state index contributed by atoms with van der Waals surface area (Å²) in [5, 5.41) is 20.9. The smallest absolute Gasteiger partial charge is 0.266 e. The Hall–Kier alpha value is -2.69. The highest BCUT2D eigenvalue weighted by Crippen LogP contribution is 2.34. The second kappa shape index (κ2) is 6.97. The van der Waals surface area contributed by atoms with Crippen molar-refractivity contribution in [2.45, 2.75) is 17.0 Å². The maximum absolute atomic E-state index is 13.7. The van der Waals surface area contributed by atoms with Gasteiger partial charge in [0.1, 0.15) is 10.6 Å². The van der Waals surface area contributed by atoms with E-state index in [0.29, 0.717) is 5.39 Å². The summed E-state index contributed by atoms with van der Waals surface area (Å²) in [6, 6.07) is 12.3. The predicted molar refractivity (Wildman–Crippen MR) is 108 cm³/mol. The van der Waals surface area contributed by atoms with Gasteiger partial charge in [-0.3, -0.25) is 9.29 Å². The number of anilines is 1. The predicted octanol–water partition coefficient (Wildman–Crippen LogP) is 1.29. The fourth-order valence-electron chi connectivity index (χ4n) is 3.56. The van der Waals surface area contributed by atoms with Crippen molar-refractivity contribution in [1.29, 1.82) is 0 Å². The fraction of sp³-hybridized carbons (Fsp3) is 0.211. The molecule has 0 radical (unpaired) electrons. The minimum atomic E-state index is -4.33. The monoisotopic (exact) mass is 434 g/mol. The Balaban J connectivity index is 1.95. The van der Waals surface area contributed by atoms with Gasteiger partial charge < -0.3 is 10.2 Å². The number of sulfone groups is 1. The van der Waals surface area contributed by atoms with Gasteiger partial charge in [-0.25, -0.2) is 16.8 Å². The van der Waals surface area contributed by atoms with Crippen molar-refractivity contribution in [2.75, 3.05) is 15.8 Å². The number of benzene rings is 2. The molecule has 2 heterocycles. The van der Waals surface area contributed by atoms with Crippen LogP contribution >= 0.6 is 0 Å². The topological polar surface area (TPSA) is 125 Å². The van der Waals surface area contributed by atoms with Gasteiger partial charge in [-0.2, -0.15) is 0 Å². The number of phenolic OH excluding ortho intramolecular Hbond substituents is 1. The maximum Gasteiger partial charge on any atom is 0.266 e. The van der Waals surface area contributed by atoms with E-state index in [1.807, 2.05) is 0 Å². The average molecular weight is 434 g/mol. The Bertz CT molecular complexity index is 1290. The SMILES string of the molecule is O=S1(=O)C[C@@H](N(c2cccc(O)c2)S(=O)(=O)c2cccc3cccnc23)[C@@H](O)C1. The highest BCUT2D eigenvalue weighted by molar-refractivity contribution is 7.93. The largest absolute Gasteiger partial charge is 0.508 e. The van der Waals surface area contributed by atoms with Crippen molar-refractivity contribution >= 4 is 36.5 Å². The van der Waals surface area contributed by atoms with Crippen LogP contribution in [0.4, 0.5) is 5.69 Å². The Kier molecular flexibility index (Phi) is 4.72. The molecule has 0 bridgehead atoms. The molecular formula is C19H18N2O6S2. The highest BCUT2D eigenvalue weighted by Gasteiger charge is 2.45. The molecule has 0 saturated carbocycles. The molecule has 0 spiro atoms. The van der Waals surface area contributed by atoms with Gasteiger partial charge in [0.15, 0.2) is 9.84 Å². The number of fused-ring (bicyclic) bond motifs is 1. The van der Waals surface area contributed by atoms with Gasteiger partial charge in [0.05, 0.1) is 34.9 Å². The summed E-state index contributed by atoms with van der Waals surface area (Å²) < 4.78 is 52.5. The summed E-state index contributed by atoms with van der Waals surface area (Å²) in [7, 11) is -7.96. The quantitative estimate of drug-likeness (QED) is 0.634. The van der Waals surface area contributed by atoms with Crippen LogP contribution in [0.2, 0.25) is 0 Å². The van der Waals surface area contributed by atoms with Crippen molar-refractivity contribution in [3.8, 4) is 5.75 Å². The van der Waals surface area contributed by atoms with E-state index in [0.717, 1.165) is 4.31 Å². The number of para-hydroxylation sites is 1. The molecule has 2 aromatic carbocycles. The van der Waals surface area contributed by atoms with Crippen LogP contribution in [0, 0.1) is 0 Å². The van der Waals surface area contributed by atoms with E-state index >= 15 is 0 Å². The average Bonchev–Trinajstić information content (AvgIpc) is 2.93. The number of hydrogen-bond donors (Lipinski definition) is 2. The van der Waals surface area contributed by atoms with Crippen LogP contribution in [-0.4, -0.2) is 55.7 Å². The number of phenols is 1. The second-order valence-electron chi connectivity index (χ2n) is 6.86.